The minimum Gasteiger partial charge on any atom is -0.309 e. The Morgan fingerprint density at radius 3 is 2.21 bits per heavy atom. The number of nitrogens with zero attached hydrogens (tertiary/aromatic N) is 4. The van der Waals surface area contributed by atoms with Crippen LogP contribution in [0.2, 0.25) is 0 Å². The highest BCUT2D eigenvalue weighted by Gasteiger charge is 2.20. The summed E-state index contributed by atoms with van der Waals surface area (Å²) in [5, 5.41) is 4.70. The number of para-hydroxylation sites is 4. The van der Waals surface area contributed by atoms with Gasteiger partial charge in [0, 0.05) is 33.4 Å². The molecular formula is C30H18N4. The van der Waals surface area contributed by atoms with Gasteiger partial charge in [0.05, 0.1) is 33.1 Å². The molecule has 0 atom stereocenters. The van der Waals surface area contributed by atoms with E-state index in [1.807, 2.05) is 18.3 Å². The van der Waals surface area contributed by atoms with Gasteiger partial charge in [-0.1, -0.05) is 48.5 Å². The van der Waals surface area contributed by atoms with Gasteiger partial charge in [-0.05, 0) is 54.6 Å². The van der Waals surface area contributed by atoms with Crippen molar-refractivity contribution in [2.45, 2.75) is 0 Å². The molecule has 158 valence electrons. The number of hydrogen-bond acceptors (Lipinski definition) is 2. The molecule has 4 heterocycles. The molecule has 0 spiro atoms. The van der Waals surface area contributed by atoms with E-state index < -0.39 is 0 Å². The first-order valence-corrected chi connectivity index (χ1v) is 11.5. The molecule has 0 saturated heterocycles. The zero-order valence-corrected chi connectivity index (χ0v) is 18.2. The second kappa shape index (κ2) is 6.42. The van der Waals surface area contributed by atoms with Gasteiger partial charge in [0.1, 0.15) is 5.65 Å². The molecule has 0 unspecified atom stereocenters. The largest absolute Gasteiger partial charge is 0.309 e. The first-order valence-electron chi connectivity index (χ1n) is 11.5. The van der Waals surface area contributed by atoms with Crippen LogP contribution in [0.5, 0.6) is 0 Å². The van der Waals surface area contributed by atoms with Crippen molar-refractivity contribution in [1.29, 1.82) is 0 Å². The van der Waals surface area contributed by atoms with Crippen molar-refractivity contribution in [2.24, 2.45) is 0 Å². The van der Waals surface area contributed by atoms with Crippen LogP contribution in [0.3, 0.4) is 0 Å². The van der Waals surface area contributed by atoms with Crippen molar-refractivity contribution in [3.8, 4) is 5.69 Å². The molecule has 0 aliphatic heterocycles. The summed E-state index contributed by atoms with van der Waals surface area (Å²) in [4.78, 5) is 10.0. The van der Waals surface area contributed by atoms with Crippen molar-refractivity contribution in [3.63, 3.8) is 0 Å². The lowest BCUT2D eigenvalue weighted by Crippen LogP contribution is -1.95. The standard InChI is InChI=1S/C30H18N4/c1-2-9-19(10-3-1)33-23-13-6-4-11-20(23)27-25(33)17-16-21-28(27)30-32-22-12-5-7-14-24(22)34(30)26-15-8-18-31-29(21)26/h1-18H. The molecule has 0 N–H and O–H groups in total. The van der Waals surface area contributed by atoms with Crippen molar-refractivity contribution >= 4 is 60.3 Å². The normalized spacial score (nSPS) is 12.1. The zero-order valence-electron chi connectivity index (χ0n) is 18.2. The van der Waals surface area contributed by atoms with Crippen molar-refractivity contribution < 1.29 is 0 Å². The highest BCUT2D eigenvalue weighted by molar-refractivity contribution is 6.29. The van der Waals surface area contributed by atoms with Crippen molar-refractivity contribution in [1.82, 2.24) is 18.9 Å². The topological polar surface area (TPSA) is 35.1 Å². The molecule has 4 nitrogen and oxygen atoms in total. The molecule has 0 aliphatic carbocycles. The number of hydrogen-bond donors (Lipinski definition) is 0. The van der Waals surface area contributed by atoms with Crippen LogP contribution in [0.25, 0.3) is 66.0 Å². The fraction of sp³-hybridized carbons (Fsp3) is 0. The maximum Gasteiger partial charge on any atom is 0.147 e. The molecule has 4 heteroatoms. The van der Waals surface area contributed by atoms with Gasteiger partial charge in [-0.2, -0.15) is 0 Å². The lowest BCUT2D eigenvalue weighted by atomic mass is 10.0. The van der Waals surface area contributed by atoms with Gasteiger partial charge in [0.15, 0.2) is 0 Å². The van der Waals surface area contributed by atoms with Crippen molar-refractivity contribution in [2.75, 3.05) is 0 Å². The van der Waals surface area contributed by atoms with Crippen LogP contribution in [-0.2, 0) is 0 Å². The van der Waals surface area contributed by atoms with Gasteiger partial charge >= 0.3 is 0 Å². The van der Waals surface area contributed by atoms with Crippen LogP contribution >= 0.6 is 0 Å². The van der Waals surface area contributed by atoms with E-state index in [4.69, 9.17) is 9.97 Å². The molecule has 0 amide bonds. The Labute approximate surface area is 194 Å². The highest BCUT2D eigenvalue weighted by Crippen LogP contribution is 2.41. The fourth-order valence-electron chi connectivity index (χ4n) is 5.57. The van der Waals surface area contributed by atoms with Gasteiger partial charge in [0.25, 0.3) is 0 Å². The van der Waals surface area contributed by atoms with Crippen LogP contribution in [0.15, 0.2) is 109 Å². The SMILES string of the molecule is c1ccc(-n2c3ccccc3c3c4c(ccc32)c2ncccc2n2c3ccccc3nc42)cc1. The summed E-state index contributed by atoms with van der Waals surface area (Å²) in [6, 6.07) is 36.2. The molecule has 4 aromatic carbocycles. The van der Waals surface area contributed by atoms with Crippen LogP contribution in [0.1, 0.15) is 0 Å². The second-order valence-electron chi connectivity index (χ2n) is 8.70. The number of benzene rings is 4. The molecule has 0 fully saturated rings. The highest BCUT2D eigenvalue weighted by atomic mass is 15.0. The minimum absolute atomic E-state index is 0.971. The lowest BCUT2D eigenvalue weighted by molar-refractivity contribution is 1.18. The smallest absolute Gasteiger partial charge is 0.147 e. The third-order valence-corrected chi connectivity index (χ3v) is 6.92. The quantitative estimate of drug-likeness (QED) is 0.254. The number of pyridine rings is 2. The molecular weight excluding hydrogens is 416 g/mol. The molecule has 0 saturated carbocycles. The maximum atomic E-state index is 5.16. The summed E-state index contributed by atoms with van der Waals surface area (Å²) >= 11 is 0. The van der Waals surface area contributed by atoms with Gasteiger partial charge in [0.2, 0.25) is 0 Å². The number of rotatable bonds is 1. The molecule has 8 aromatic rings. The first-order chi connectivity index (χ1) is 16.9. The first kappa shape index (κ1) is 17.8. The van der Waals surface area contributed by atoms with Crippen LogP contribution in [0.4, 0.5) is 0 Å². The Balaban J connectivity index is 1.73. The summed E-state index contributed by atoms with van der Waals surface area (Å²) < 4.78 is 4.62. The summed E-state index contributed by atoms with van der Waals surface area (Å²) in [5.41, 5.74) is 8.63. The molecule has 0 aliphatic rings. The van der Waals surface area contributed by atoms with Gasteiger partial charge < -0.3 is 4.57 Å². The zero-order chi connectivity index (χ0) is 22.2. The van der Waals surface area contributed by atoms with E-state index in [1.54, 1.807) is 0 Å². The predicted octanol–water partition coefficient (Wildman–Crippen LogP) is 7.29. The van der Waals surface area contributed by atoms with Gasteiger partial charge in [-0.15, -0.1) is 0 Å². The molecule has 0 bridgehead atoms. The van der Waals surface area contributed by atoms with Crippen molar-refractivity contribution in [3.05, 3.63) is 109 Å². The maximum absolute atomic E-state index is 5.16. The minimum atomic E-state index is 0.971. The van der Waals surface area contributed by atoms with Gasteiger partial charge in [-0.3, -0.25) is 9.38 Å². The van der Waals surface area contributed by atoms with Gasteiger partial charge in [-0.25, -0.2) is 4.98 Å². The Morgan fingerprint density at radius 2 is 1.29 bits per heavy atom. The van der Waals surface area contributed by atoms with Crippen LogP contribution in [-0.4, -0.2) is 18.9 Å². The second-order valence-corrected chi connectivity index (χ2v) is 8.70. The van der Waals surface area contributed by atoms with E-state index in [9.17, 15) is 0 Å². The molecule has 8 rings (SSSR count). The average Bonchev–Trinajstić information content (AvgIpc) is 3.45. The van der Waals surface area contributed by atoms with E-state index in [1.165, 1.54) is 21.8 Å². The monoisotopic (exact) mass is 434 g/mol. The third kappa shape index (κ3) is 2.17. The Morgan fingerprint density at radius 1 is 0.529 bits per heavy atom. The Hall–Kier alpha value is -4.70. The van der Waals surface area contributed by atoms with E-state index in [-0.39, 0.29) is 0 Å². The van der Waals surface area contributed by atoms with E-state index in [2.05, 4.69) is 100.0 Å². The van der Waals surface area contributed by atoms with Crippen LogP contribution < -0.4 is 0 Å². The van der Waals surface area contributed by atoms with E-state index in [0.29, 0.717) is 0 Å². The van der Waals surface area contributed by atoms with Crippen LogP contribution in [0, 0.1) is 0 Å². The summed E-state index contributed by atoms with van der Waals surface area (Å²) in [6.45, 7) is 0. The number of aromatic nitrogens is 4. The third-order valence-electron chi connectivity index (χ3n) is 6.92. The number of fused-ring (bicyclic) bond motifs is 12. The fourth-order valence-corrected chi connectivity index (χ4v) is 5.57. The van der Waals surface area contributed by atoms with E-state index >= 15 is 0 Å². The lowest BCUT2D eigenvalue weighted by Gasteiger charge is -2.11. The Kier molecular flexibility index (Phi) is 3.36. The molecule has 4 aromatic heterocycles. The summed E-state index contributed by atoms with van der Waals surface area (Å²) in [6.07, 6.45) is 1.88. The summed E-state index contributed by atoms with van der Waals surface area (Å²) in [5.74, 6) is 0. The molecule has 0 radical (unpaired) electrons. The predicted molar refractivity (Wildman–Crippen MR) is 140 cm³/mol. The van der Waals surface area contributed by atoms with E-state index in [0.717, 1.165) is 44.2 Å². The number of imidazole rings is 1. The summed E-state index contributed by atoms with van der Waals surface area (Å²) in [7, 11) is 0. The Bertz CT molecular complexity index is 2060. The molecule has 34 heavy (non-hydrogen) atoms. The average molecular weight is 435 g/mol.